The monoisotopic (exact) mass is 989 g/mol. The average molecular weight is 989 g/mol. The molecule has 0 unspecified atom stereocenters. The molecule has 0 saturated carbocycles. The van der Waals surface area contributed by atoms with Crippen LogP contribution in [0.3, 0.4) is 0 Å². The van der Waals surface area contributed by atoms with E-state index in [0.717, 1.165) is 49.7 Å². The lowest BCUT2D eigenvalue weighted by molar-refractivity contribution is -0.149. The molecule has 16 nitrogen and oxygen atoms in total. The molecule has 0 bridgehead atoms. The molecule has 390 valence electrons. The molecule has 2 saturated heterocycles. The van der Waals surface area contributed by atoms with E-state index in [1.807, 2.05) is 65.8 Å². The largest absolute Gasteiger partial charge is 0.347 e. The lowest BCUT2D eigenvalue weighted by Gasteiger charge is -2.44. The number of fused-ring (bicyclic) bond motifs is 2. The fourth-order valence-corrected chi connectivity index (χ4v) is 10.1. The summed E-state index contributed by atoms with van der Waals surface area (Å²) in [6.07, 6.45) is 5.38. The molecule has 6 amide bonds. The van der Waals surface area contributed by atoms with Gasteiger partial charge in [0, 0.05) is 39.3 Å². The summed E-state index contributed by atoms with van der Waals surface area (Å²) >= 11 is 0. The van der Waals surface area contributed by atoms with Crippen LogP contribution < -0.4 is 31.9 Å². The third-order valence-corrected chi connectivity index (χ3v) is 14.8. The van der Waals surface area contributed by atoms with Gasteiger partial charge in [0.1, 0.15) is 24.2 Å². The second-order valence-corrected chi connectivity index (χ2v) is 22.1. The molecule has 2 aliphatic carbocycles. The number of nitrogens with one attached hydrogen (secondary N) is 6. The van der Waals surface area contributed by atoms with Crippen LogP contribution in [0.5, 0.6) is 0 Å². The topological polar surface area (TPSA) is 188 Å². The normalized spacial score (nSPS) is 22.1. The highest BCUT2D eigenvalue weighted by atomic mass is 16.2. The van der Waals surface area contributed by atoms with E-state index in [9.17, 15) is 28.8 Å². The van der Waals surface area contributed by atoms with Gasteiger partial charge in [0.05, 0.1) is 37.3 Å². The molecule has 8 atom stereocenters. The summed E-state index contributed by atoms with van der Waals surface area (Å²) in [4.78, 5) is 91.5. The third kappa shape index (κ3) is 14.0. The van der Waals surface area contributed by atoms with Crippen molar-refractivity contribution in [2.75, 3.05) is 66.5 Å². The number of nitrogens with zero attached hydrogens (tertiary/aromatic N) is 4. The van der Waals surface area contributed by atoms with Gasteiger partial charge in [-0.25, -0.2) is 0 Å². The molecular weight excluding hydrogens is 909 g/mol. The number of amides is 6. The summed E-state index contributed by atoms with van der Waals surface area (Å²) in [7, 11) is 3.38. The fourth-order valence-electron chi connectivity index (χ4n) is 10.1. The molecule has 0 radical (unpaired) electrons. The van der Waals surface area contributed by atoms with E-state index in [1.54, 1.807) is 37.7 Å². The summed E-state index contributed by atoms with van der Waals surface area (Å²) in [5.74, 6) is 10.6. The Hall–Kier alpha value is -5.78. The van der Waals surface area contributed by atoms with Gasteiger partial charge in [-0.2, -0.15) is 0 Å². The van der Waals surface area contributed by atoms with Gasteiger partial charge < -0.3 is 41.7 Å². The van der Waals surface area contributed by atoms with Crippen LogP contribution in [0, 0.1) is 34.5 Å². The number of piperazine rings is 2. The van der Waals surface area contributed by atoms with Gasteiger partial charge in [-0.1, -0.05) is 102 Å². The van der Waals surface area contributed by atoms with Gasteiger partial charge in [-0.05, 0) is 111 Å². The molecule has 72 heavy (non-hydrogen) atoms. The van der Waals surface area contributed by atoms with E-state index in [1.165, 1.54) is 11.1 Å². The van der Waals surface area contributed by atoms with Gasteiger partial charge in [0.15, 0.2) is 0 Å². The lowest BCUT2D eigenvalue weighted by atomic mass is 9.85. The zero-order chi connectivity index (χ0) is 52.3. The Morgan fingerprint density at radius 1 is 0.583 bits per heavy atom. The first kappa shape index (κ1) is 55.5. The van der Waals surface area contributed by atoms with Crippen LogP contribution in [0.25, 0.3) is 0 Å². The van der Waals surface area contributed by atoms with Crippen molar-refractivity contribution < 1.29 is 28.8 Å². The van der Waals surface area contributed by atoms with Crippen molar-refractivity contribution in [2.45, 2.75) is 142 Å². The van der Waals surface area contributed by atoms with Gasteiger partial charge in [0.2, 0.25) is 35.4 Å². The number of hydrogen-bond acceptors (Lipinski definition) is 10. The molecule has 6 N–H and O–H groups in total. The van der Waals surface area contributed by atoms with E-state index < -0.39 is 47.1 Å². The lowest BCUT2D eigenvalue weighted by Crippen LogP contribution is -2.66. The quantitative estimate of drug-likeness (QED) is 0.154. The van der Waals surface area contributed by atoms with Crippen molar-refractivity contribution in [3.8, 4) is 23.7 Å². The van der Waals surface area contributed by atoms with Crippen LogP contribution in [0.4, 0.5) is 0 Å². The summed E-state index contributed by atoms with van der Waals surface area (Å²) in [5, 5.41) is 18.4. The summed E-state index contributed by atoms with van der Waals surface area (Å²) in [6, 6.07) is 11.6. The molecule has 0 aromatic heterocycles. The zero-order valence-electron chi connectivity index (χ0n) is 44.4. The van der Waals surface area contributed by atoms with Crippen LogP contribution in [0.2, 0.25) is 0 Å². The van der Waals surface area contributed by atoms with Crippen molar-refractivity contribution in [1.82, 2.24) is 51.5 Å². The average Bonchev–Trinajstić information content (AvgIpc) is 3.36. The molecule has 16 heteroatoms. The predicted octanol–water partition coefficient (Wildman–Crippen LogP) is 2.68. The molecule has 2 heterocycles. The second-order valence-electron chi connectivity index (χ2n) is 22.1. The van der Waals surface area contributed by atoms with Crippen LogP contribution in [-0.2, 0) is 41.6 Å². The van der Waals surface area contributed by atoms with Crippen molar-refractivity contribution in [3.05, 3.63) is 70.8 Å². The van der Waals surface area contributed by atoms with E-state index >= 15 is 0 Å². The van der Waals surface area contributed by atoms with Crippen molar-refractivity contribution in [1.29, 1.82) is 0 Å². The number of aryl methyl sites for hydroxylation is 2. The number of likely N-dealkylation sites (N-methyl/N-ethyl adjacent to an activating group) is 2. The van der Waals surface area contributed by atoms with Crippen LogP contribution in [-0.4, -0.2) is 158 Å². The van der Waals surface area contributed by atoms with E-state index in [0.29, 0.717) is 26.2 Å². The minimum atomic E-state index is -0.865. The number of rotatable bonds is 14. The summed E-state index contributed by atoms with van der Waals surface area (Å²) in [6.45, 7) is 17.5. The van der Waals surface area contributed by atoms with Crippen molar-refractivity contribution in [2.24, 2.45) is 10.8 Å². The number of carbonyl (C=O) groups excluding carboxylic acids is 6. The first-order chi connectivity index (χ1) is 34.2. The maximum Gasteiger partial charge on any atom is 0.246 e. The highest BCUT2D eigenvalue weighted by Gasteiger charge is 2.45. The van der Waals surface area contributed by atoms with Crippen molar-refractivity contribution >= 4 is 35.4 Å². The first-order valence-corrected chi connectivity index (χ1v) is 25.9. The Balaban J connectivity index is 1.15. The molecule has 2 aromatic carbocycles. The van der Waals surface area contributed by atoms with Crippen LogP contribution >= 0.6 is 0 Å². The minimum Gasteiger partial charge on any atom is -0.347 e. The maximum atomic E-state index is 14.5. The van der Waals surface area contributed by atoms with E-state index in [-0.39, 0.29) is 73.7 Å². The zero-order valence-corrected chi connectivity index (χ0v) is 44.4. The Kier molecular flexibility index (Phi) is 19.1. The highest BCUT2D eigenvalue weighted by Crippen LogP contribution is 2.32. The first-order valence-electron chi connectivity index (χ1n) is 25.9. The molecular formula is C56H80N10O6. The van der Waals surface area contributed by atoms with E-state index in [2.05, 4.69) is 89.6 Å². The Labute approximate surface area is 428 Å². The SMILES string of the molecule is CN[C@@H](C)C(=O)N[C@H](C(=O)N1CCN(CC#CC#CCN2CCN(C(=O)[C@@H](NC(=O)[C@H](C)NC)C(C)(C)C)[C@H](C(=O)N[C@@H]3CCCc4ccccc43)C2)C[C@H]1C(=O)N[C@@H]1CCCc2ccccc21)C(C)(C)C. The van der Waals surface area contributed by atoms with Gasteiger partial charge in [0.25, 0.3) is 0 Å². The van der Waals surface area contributed by atoms with Gasteiger partial charge in [-0.15, -0.1) is 0 Å². The fraction of sp³-hybridized carbons (Fsp3) is 0.607. The number of carbonyl (C=O) groups is 6. The maximum absolute atomic E-state index is 14.5. The second kappa shape index (κ2) is 24.8. The standard InChI is InChI=1S/C56H80N10O6/c1-37(57-9)49(67)61-47(55(3,4)5)53(71)65-33-31-63(35-45(65)51(69)59-43-27-19-23-39-21-13-15-25-41(39)43)29-17-11-12-18-30-64-32-34-66(54(72)48(56(6,7)8)62-50(68)38(2)58-10)46(36-64)52(70)60-44-28-20-24-40-22-14-16-26-42(40)44/h13-16,21-22,25-26,37-38,43-48,57-58H,19-20,23-24,27-36H2,1-10H3,(H,59,69)(H,60,70)(H,61,67)(H,62,68)/t37-,38-,43+,44+,45-,46-,47+,48+/m0/s1. The number of benzene rings is 2. The molecule has 6 rings (SSSR count). The van der Waals surface area contributed by atoms with E-state index in [4.69, 9.17) is 0 Å². The van der Waals surface area contributed by atoms with Crippen LogP contribution in [0.1, 0.15) is 115 Å². The Morgan fingerprint density at radius 2 is 0.958 bits per heavy atom. The van der Waals surface area contributed by atoms with Crippen molar-refractivity contribution in [3.63, 3.8) is 0 Å². The Morgan fingerprint density at radius 3 is 1.32 bits per heavy atom. The Bertz CT molecular complexity index is 2240. The summed E-state index contributed by atoms with van der Waals surface area (Å²) < 4.78 is 0. The highest BCUT2D eigenvalue weighted by molar-refractivity contribution is 5.95. The van der Waals surface area contributed by atoms with Gasteiger partial charge in [-0.3, -0.25) is 38.6 Å². The predicted molar refractivity (Wildman–Crippen MR) is 280 cm³/mol. The molecule has 2 fully saturated rings. The minimum absolute atomic E-state index is 0.178. The van der Waals surface area contributed by atoms with Crippen LogP contribution in [0.15, 0.2) is 48.5 Å². The molecule has 4 aliphatic rings. The molecule has 0 spiro atoms. The van der Waals surface area contributed by atoms with Gasteiger partial charge >= 0.3 is 0 Å². The molecule has 2 aromatic rings. The smallest absolute Gasteiger partial charge is 0.246 e. The molecule has 2 aliphatic heterocycles. The summed E-state index contributed by atoms with van der Waals surface area (Å²) in [5.41, 5.74) is 3.36. The number of hydrogen-bond donors (Lipinski definition) is 6. The third-order valence-electron chi connectivity index (χ3n) is 14.8.